The maximum Gasteiger partial charge on any atom is 0.164 e. The molecule has 0 saturated heterocycles. The number of hydrogen-bond donors (Lipinski definition) is 0. The molecule has 0 bridgehead atoms. The van der Waals surface area contributed by atoms with Crippen molar-refractivity contribution in [3.8, 4) is 56.2 Å². The van der Waals surface area contributed by atoms with Crippen molar-refractivity contribution in [2.75, 3.05) is 0 Å². The third-order valence-corrected chi connectivity index (χ3v) is 11.2. The minimum absolute atomic E-state index is 0.0583. The molecule has 268 valence electrons. The molecule has 8 aromatic carbocycles. The zero-order valence-corrected chi connectivity index (χ0v) is 31.0. The molecule has 1 unspecified atom stereocenters. The second-order valence-electron chi connectivity index (χ2n) is 14.7. The van der Waals surface area contributed by atoms with Crippen LogP contribution in [0, 0.1) is 0 Å². The Morgan fingerprint density at radius 3 is 1.81 bits per heavy atom. The molecule has 1 atom stereocenters. The van der Waals surface area contributed by atoms with E-state index in [1.807, 2.05) is 18.2 Å². The number of rotatable bonds is 6. The maximum absolute atomic E-state index is 6.47. The SMILES string of the molecule is C1=CCC(c2nc(-c3ccc(-c4ccccc4)cc3)nc(-c3cccc4oc5ccc(-c6ccc(-c7ccc8ccc9ccccc9c8c7)cc6)cc5c34)n2)C=C1. The van der Waals surface area contributed by atoms with Crippen LogP contribution in [0.15, 0.2) is 199 Å². The fourth-order valence-electron chi connectivity index (χ4n) is 8.25. The highest BCUT2D eigenvalue weighted by Gasteiger charge is 2.21. The summed E-state index contributed by atoms with van der Waals surface area (Å²) >= 11 is 0. The number of hydrogen-bond acceptors (Lipinski definition) is 4. The van der Waals surface area contributed by atoms with E-state index in [-0.39, 0.29) is 5.92 Å². The van der Waals surface area contributed by atoms with Crippen LogP contribution in [0.4, 0.5) is 0 Å². The van der Waals surface area contributed by atoms with Gasteiger partial charge in [-0.25, -0.2) is 15.0 Å². The minimum atomic E-state index is 0.0583. The molecular weight excluding hydrogens is 695 g/mol. The molecule has 0 amide bonds. The molecule has 1 aliphatic carbocycles. The van der Waals surface area contributed by atoms with Crippen molar-refractivity contribution in [2.45, 2.75) is 12.3 Å². The lowest BCUT2D eigenvalue weighted by atomic mass is 9.95. The lowest BCUT2D eigenvalue weighted by molar-refractivity contribution is 0.669. The van der Waals surface area contributed by atoms with Gasteiger partial charge in [0, 0.05) is 27.8 Å². The minimum Gasteiger partial charge on any atom is -0.456 e. The number of fused-ring (bicyclic) bond motifs is 6. The van der Waals surface area contributed by atoms with Crippen molar-refractivity contribution < 1.29 is 4.42 Å². The summed E-state index contributed by atoms with van der Waals surface area (Å²) in [5, 5.41) is 7.08. The molecule has 2 aromatic heterocycles. The summed E-state index contributed by atoms with van der Waals surface area (Å²) in [6, 6.07) is 60.2. The predicted octanol–water partition coefficient (Wildman–Crippen LogP) is 14.0. The first-order valence-electron chi connectivity index (χ1n) is 19.4. The third-order valence-electron chi connectivity index (χ3n) is 11.2. The number of allylic oxidation sites excluding steroid dienone is 4. The second-order valence-corrected chi connectivity index (χ2v) is 14.7. The van der Waals surface area contributed by atoms with E-state index in [1.54, 1.807) is 0 Å². The largest absolute Gasteiger partial charge is 0.456 e. The average molecular weight is 730 g/mol. The van der Waals surface area contributed by atoms with Crippen molar-refractivity contribution in [3.63, 3.8) is 0 Å². The van der Waals surface area contributed by atoms with Crippen LogP contribution in [0.25, 0.3) is 99.6 Å². The normalized spacial score (nSPS) is 13.9. The Hall–Kier alpha value is -7.43. The summed E-state index contributed by atoms with van der Waals surface area (Å²) in [6.45, 7) is 0. The zero-order chi connectivity index (χ0) is 37.7. The summed E-state index contributed by atoms with van der Waals surface area (Å²) in [4.78, 5) is 15.4. The van der Waals surface area contributed by atoms with E-state index < -0.39 is 0 Å². The van der Waals surface area contributed by atoms with Gasteiger partial charge in [-0.05, 0) is 85.6 Å². The van der Waals surface area contributed by atoms with Crippen molar-refractivity contribution in [3.05, 3.63) is 200 Å². The smallest absolute Gasteiger partial charge is 0.164 e. The Morgan fingerprint density at radius 1 is 0.421 bits per heavy atom. The van der Waals surface area contributed by atoms with Crippen LogP contribution >= 0.6 is 0 Å². The monoisotopic (exact) mass is 729 g/mol. The molecule has 2 heterocycles. The number of nitrogens with zero attached hydrogens (tertiary/aromatic N) is 3. The van der Waals surface area contributed by atoms with Gasteiger partial charge in [0.25, 0.3) is 0 Å². The standard InChI is InChI=1S/C53H35N3O/c1-3-10-34(11-4-1)35-22-27-41(28-23-35)52-54-51(40-13-5-2-6-14-40)55-53(56-52)45-16-9-17-49-50(45)47-33-43(30-31-48(47)57-49)37-20-18-36(19-21-37)42-29-26-39-25-24-38-12-7-8-15-44(38)46(39)32-42/h1-13,15-33,40H,14H2. The average Bonchev–Trinajstić information content (AvgIpc) is 3.68. The van der Waals surface area contributed by atoms with Gasteiger partial charge in [-0.3, -0.25) is 0 Å². The Balaban J connectivity index is 0.988. The van der Waals surface area contributed by atoms with Gasteiger partial charge in [0.2, 0.25) is 0 Å². The molecule has 0 aliphatic heterocycles. The van der Waals surface area contributed by atoms with Gasteiger partial charge in [0.1, 0.15) is 17.0 Å². The lowest BCUT2D eigenvalue weighted by Gasteiger charge is -2.15. The van der Waals surface area contributed by atoms with Crippen LogP contribution in [0.3, 0.4) is 0 Å². The van der Waals surface area contributed by atoms with Crippen molar-refractivity contribution in [1.82, 2.24) is 15.0 Å². The van der Waals surface area contributed by atoms with Crippen LogP contribution in [0.5, 0.6) is 0 Å². The maximum atomic E-state index is 6.47. The Kier molecular flexibility index (Phi) is 7.92. The van der Waals surface area contributed by atoms with E-state index in [0.717, 1.165) is 62.0 Å². The number of benzene rings is 8. The van der Waals surface area contributed by atoms with Crippen LogP contribution in [-0.2, 0) is 0 Å². The quantitative estimate of drug-likeness (QED) is 0.160. The van der Waals surface area contributed by atoms with Gasteiger partial charge in [0.05, 0.1) is 0 Å². The molecule has 1 aliphatic rings. The number of aromatic nitrogens is 3. The number of furan rings is 1. The highest BCUT2D eigenvalue weighted by atomic mass is 16.3. The van der Waals surface area contributed by atoms with E-state index in [9.17, 15) is 0 Å². The van der Waals surface area contributed by atoms with Crippen LogP contribution < -0.4 is 0 Å². The molecule has 0 spiro atoms. The summed E-state index contributed by atoms with van der Waals surface area (Å²) < 4.78 is 6.47. The Morgan fingerprint density at radius 2 is 1.04 bits per heavy atom. The first kappa shape index (κ1) is 33.0. The molecule has 11 rings (SSSR count). The first-order chi connectivity index (χ1) is 28.2. The van der Waals surface area contributed by atoms with Gasteiger partial charge in [0.15, 0.2) is 11.6 Å². The summed E-state index contributed by atoms with van der Waals surface area (Å²) in [5.41, 5.74) is 10.5. The lowest BCUT2D eigenvalue weighted by Crippen LogP contribution is -2.08. The van der Waals surface area contributed by atoms with Gasteiger partial charge in [-0.15, -0.1) is 0 Å². The first-order valence-corrected chi connectivity index (χ1v) is 19.4. The summed E-state index contributed by atoms with van der Waals surface area (Å²) in [6.07, 6.45) is 9.34. The van der Waals surface area contributed by atoms with Crippen molar-refractivity contribution in [1.29, 1.82) is 0 Å². The predicted molar refractivity (Wildman–Crippen MR) is 235 cm³/mol. The fourth-order valence-corrected chi connectivity index (χ4v) is 8.25. The van der Waals surface area contributed by atoms with Gasteiger partial charge < -0.3 is 4.42 Å². The van der Waals surface area contributed by atoms with Crippen molar-refractivity contribution in [2.24, 2.45) is 0 Å². The van der Waals surface area contributed by atoms with Gasteiger partial charge in [-0.1, -0.05) is 170 Å². The fraction of sp³-hybridized carbons (Fsp3) is 0.0377. The van der Waals surface area contributed by atoms with Crippen LogP contribution in [-0.4, -0.2) is 15.0 Å². The topological polar surface area (TPSA) is 51.8 Å². The zero-order valence-electron chi connectivity index (χ0n) is 31.0. The molecule has 4 nitrogen and oxygen atoms in total. The van der Waals surface area contributed by atoms with E-state index in [1.165, 1.54) is 38.2 Å². The van der Waals surface area contributed by atoms with Gasteiger partial charge >= 0.3 is 0 Å². The Bertz CT molecular complexity index is 3190. The van der Waals surface area contributed by atoms with E-state index in [4.69, 9.17) is 19.4 Å². The van der Waals surface area contributed by atoms with Crippen LogP contribution in [0.1, 0.15) is 18.2 Å². The summed E-state index contributed by atoms with van der Waals surface area (Å²) in [7, 11) is 0. The van der Waals surface area contributed by atoms with E-state index >= 15 is 0 Å². The van der Waals surface area contributed by atoms with Gasteiger partial charge in [-0.2, -0.15) is 0 Å². The third kappa shape index (κ3) is 5.99. The van der Waals surface area contributed by atoms with Crippen molar-refractivity contribution >= 4 is 43.5 Å². The molecule has 0 fully saturated rings. The highest BCUT2D eigenvalue weighted by Crippen LogP contribution is 2.39. The molecule has 0 radical (unpaired) electrons. The Labute approximate surface area is 330 Å². The molecule has 57 heavy (non-hydrogen) atoms. The van der Waals surface area contributed by atoms with Crippen LogP contribution in [0.2, 0.25) is 0 Å². The second kappa shape index (κ2) is 13.7. The van der Waals surface area contributed by atoms with E-state index in [2.05, 4.69) is 176 Å². The molecule has 0 N–H and O–H groups in total. The molecule has 0 saturated carbocycles. The molecule has 10 aromatic rings. The summed E-state index contributed by atoms with van der Waals surface area (Å²) in [5.74, 6) is 2.11. The highest BCUT2D eigenvalue weighted by molar-refractivity contribution is 6.13. The van der Waals surface area contributed by atoms with E-state index in [0.29, 0.717) is 11.6 Å². The molecule has 4 heteroatoms. The molecular formula is C53H35N3O.